The molecule has 0 bridgehead atoms. The van der Waals surface area contributed by atoms with Crippen molar-refractivity contribution in [1.29, 1.82) is 0 Å². The number of hydrogen-bond acceptors (Lipinski definition) is 3. The number of aromatic nitrogens is 1. The molecular weight excluding hydrogens is 260 g/mol. The molecule has 0 aliphatic rings. The average molecular weight is 284 g/mol. The molecule has 0 aliphatic carbocycles. The molecule has 1 heterocycles. The van der Waals surface area contributed by atoms with Crippen LogP contribution in [0.25, 0.3) is 0 Å². The molecule has 0 aliphatic heterocycles. The fourth-order valence-corrected chi connectivity index (χ4v) is 1.88. The van der Waals surface area contributed by atoms with Gasteiger partial charge in [-0.1, -0.05) is 6.07 Å². The molecule has 1 aromatic heterocycles. The van der Waals surface area contributed by atoms with Gasteiger partial charge in [-0.25, -0.2) is 4.98 Å². The minimum atomic E-state index is 0.0956. The quantitative estimate of drug-likeness (QED) is 0.904. The third-order valence-corrected chi connectivity index (χ3v) is 3.32. The van der Waals surface area contributed by atoms with E-state index in [0.29, 0.717) is 5.88 Å². The first kappa shape index (κ1) is 15.5. The largest absolute Gasteiger partial charge is 0.439 e. The Balaban J connectivity index is 2.08. The molecule has 0 radical (unpaired) electrons. The number of rotatable bonds is 4. The van der Waals surface area contributed by atoms with Crippen molar-refractivity contribution in [3.63, 3.8) is 0 Å². The van der Waals surface area contributed by atoms with Gasteiger partial charge < -0.3 is 10.1 Å². The Morgan fingerprint density at radius 3 is 2.48 bits per heavy atom. The second-order valence-electron chi connectivity index (χ2n) is 6.45. The van der Waals surface area contributed by atoms with Crippen LogP contribution < -0.4 is 10.1 Å². The van der Waals surface area contributed by atoms with Gasteiger partial charge in [-0.15, -0.1) is 0 Å². The van der Waals surface area contributed by atoms with E-state index in [2.05, 4.69) is 51.0 Å². The van der Waals surface area contributed by atoms with Crippen molar-refractivity contribution < 1.29 is 4.74 Å². The lowest BCUT2D eigenvalue weighted by Gasteiger charge is -2.20. The topological polar surface area (TPSA) is 34.1 Å². The molecule has 0 atom stereocenters. The Hall–Kier alpha value is -1.87. The van der Waals surface area contributed by atoms with Crippen LogP contribution in [0, 0.1) is 13.8 Å². The minimum Gasteiger partial charge on any atom is -0.439 e. The van der Waals surface area contributed by atoms with Crippen LogP contribution in [0.1, 0.15) is 37.5 Å². The summed E-state index contributed by atoms with van der Waals surface area (Å²) in [4.78, 5) is 4.28. The lowest BCUT2D eigenvalue weighted by molar-refractivity contribution is 0.421. The third-order valence-electron chi connectivity index (χ3n) is 3.32. The molecule has 3 nitrogen and oxygen atoms in total. The number of ether oxygens (including phenoxy) is 1. The second-order valence-corrected chi connectivity index (χ2v) is 6.45. The molecule has 0 unspecified atom stereocenters. The lowest BCUT2D eigenvalue weighted by Crippen LogP contribution is -2.35. The monoisotopic (exact) mass is 284 g/mol. The van der Waals surface area contributed by atoms with Crippen molar-refractivity contribution in [2.24, 2.45) is 0 Å². The van der Waals surface area contributed by atoms with Gasteiger partial charge in [0.15, 0.2) is 0 Å². The number of hydrogen-bond donors (Lipinski definition) is 1. The first-order valence-corrected chi connectivity index (χ1v) is 7.28. The van der Waals surface area contributed by atoms with Crippen molar-refractivity contribution in [3.05, 3.63) is 53.2 Å². The Kier molecular flexibility index (Phi) is 4.63. The number of pyridine rings is 1. The summed E-state index contributed by atoms with van der Waals surface area (Å²) < 4.78 is 5.85. The molecule has 3 heteroatoms. The number of nitrogens with zero attached hydrogens (tertiary/aromatic N) is 1. The first-order chi connectivity index (χ1) is 9.83. The molecule has 21 heavy (non-hydrogen) atoms. The lowest BCUT2D eigenvalue weighted by atomic mass is 10.1. The maximum absolute atomic E-state index is 5.85. The van der Waals surface area contributed by atoms with Crippen molar-refractivity contribution in [1.82, 2.24) is 10.3 Å². The maximum atomic E-state index is 5.85. The molecule has 0 saturated carbocycles. The summed E-state index contributed by atoms with van der Waals surface area (Å²) in [5, 5.41) is 3.46. The summed E-state index contributed by atoms with van der Waals surface area (Å²) >= 11 is 0. The van der Waals surface area contributed by atoms with Gasteiger partial charge in [-0.05, 0) is 69.5 Å². The number of benzene rings is 1. The Labute approximate surface area is 127 Å². The molecule has 0 fully saturated rings. The van der Waals surface area contributed by atoms with E-state index >= 15 is 0 Å². The highest BCUT2D eigenvalue weighted by Gasteiger charge is 2.09. The van der Waals surface area contributed by atoms with Gasteiger partial charge in [-0.3, -0.25) is 0 Å². The highest BCUT2D eigenvalue weighted by atomic mass is 16.5. The van der Waals surface area contributed by atoms with E-state index in [0.717, 1.165) is 12.3 Å². The van der Waals surface area contributed by atoms with E-state index in [9.17, 15) is 0 Å². The highest BCUT2D eigenvalue weighted by molar-refractivity contribution is 5.36. The van der Waals surface area contributed by atoms with Crippen LogP contribution in [0.15, 0.2) is 36.5 Å². The average Bonchev–Trinajstić information content (AvgIpc) is 2.40. The summed E-state index contributed by atoms with van der Waals surface area (Å²) in [6.45, 7) is 11.4. The molecule has 0 saturated heterocycles. The molecule has 2 rings (SSSR count). The molecule has 0 spiro atoms. The van der Waals surface area contributed by atoms with Crippen molar-refractivity contribution in [2.75, 3.05) is 0 Å². The smallest absolute Gasteiger partial charge is 0.219 e. The normalized spacial score (nSPS) is 11.5. The number of nitrogens with one attached hydrogen (secondary N) is 1. The van der Waals surface area contributed by atoms with Crippen LogP contribution in [0.4, 0.5) is 0 Å². The van der Waals surface area contributed by atoms with Crippen LogP contribution in [0.5, 0.6) is 11.6 Å². The number of aryl methyl sites for hydroxylation is 2. The first-order valence-electron chi connectivity index (χ1n) is 7.28. The molecule has 112 valence electrons. The van der Waals surface area contributed by atoms with Crippen LogP contribution in [-0.4, -0.2) is 10.5 Å². The van der Waals surface area contributed by atoms with E-state index < -0.39 is 0 Å². The second kappa shape index (κ2) is 6.27. The molecule has 1 N–H and O–H groups in total. The fraction of sp³-hybridized carbons (Fsp3) is 0.389. The Morgan fingerprint density at radius 2 is 1.81 bits per heavy atom. The van der Waals surface area contributed by atoms with Gasteiger partial charge in [0, 0.05) is 24.3 Å². The van der Waals surface area contributed by atoms with Crippen molar-refractivity contribution >= 4 is 0 Å². The third kappa shape index (κ3) is 4.87. The van der Waals surface area contributed by atoms with Gasteiger partial charge in [0.1, 0.15) is 5.75 Å². The SMILES string of the molecule is Cc1ccc(Oc2cc(CNC(C)(C)C)ccn2)cc1C. The van der Waals surface area contributed by atoms with Crippen molar-refractivity contribution in [2.45, 2.75) is 46.7 Å². The standard InChI is InChI=1S/C18H24N2O/c1-13-6-7-16(10-14(13)2)21-17-11-15(8-9-19-17)12-20-18(3,4)5/h6-11,20H,12H2,1-5H3. The van der Waals surface area contributed by atoms with E-state index in [1.807, 2.05) is 24.3 Å². The summed E-state index contributed by atoms with van der Waals surface area (Å²) in [5.74, 6) is 1.46. The zero-order valence-corrected chi connectivity index (χ0v) is 13.5. The Morgan fingerprint density at radius 1 is 1.05 bits per heavy atom. The molecule has 2 aromatic rings. The molecule has 0 amide bonds. The maximum Gasteiger partial charge on any atom is 0.219 e. The van der Waals surface area contributed by atoms with Crippen LogP contribution >= 0.6 is 0 Å². The molecular formula is C18H24N2O. The zero-order chi connectivity index (χ0) is 15.5. The van der Waals surface area contributed by atoms with E-state index in [-0.39, 0.29) is 5.54 Å². The van der Waals surface area contributed by atoms with Crippen LogP contribution in [-0.2, 0) is 6.54 Å². The molecule has 1 aromatic carbocycles. The fourth-order valence-electron chi connectivity index (χ4n) is 1.88. The van der Waals surface area contributed by atoms with Gasteiger partial charge in [0.25, 0.3) is 0 Å². The minimum absolute atomic E-state index is 0.0956. The summed E-state index contributed by atoms with van der Waals surface area (Å²) in [6.07, 6.45) is 1.79. The predicted molar refractivity (Wildman–Crippen MR) is 86.8 cm³/mol. The highest BCUT2D eigenvalue weighted by Crippen LogP contribution is 2.22. The van der Waals surface area contributed by atoms with E-state index in [1.54, 1.807) is 6.20 Å². The predicted octanol–water partition coefficient (Wildman–Crippen LogP) is 4.38. The summed E-state index contributed by atoms with van der Waals surface area (Å²) in [5.41, 5.74) is 3.74. The van der Waals surface area contributed by atoms with Gasteiger partial charge in [-0.2, -0.15) is 0 Å². The van der Waals surface area contributed by atoms with Crippen LogP contribution in [0.2, 0.25) is 0 Å². The van der Waals surface area contributed by atoms with Gasteiger partial charge in [0.2, 0.25) is 5.88 Å². The summed E-state index contributed by atoms with van der Waals surface area (Å²) in [6, 6.07) is 10.1. The van der Waals surface area contributed by atoms with E-state index in [1.165, 1.54) is 16.7 Å². The zero-order valence-electron chi connectivity index (χ0n) is 13.5. The van der Waals surface area contributed by atoms with Crippen molar-refractivity contribution in [3.8, 4) is 11.6 Å². The summed E-state index contributed by atoms with van der Waals surface area (Å²) in [7, 11) is 0. The van der Waals surface area contributed by atoms with Crippen LogP contribution in [0.3, 0.4) is 0 Å². The van der Waals surface area contributed by atoms with E-state index in [4.69, 9.17) is 4.74 Å². The Bertz CT molecular complexity index is 615. The van der Waals surface area contributed by atoms with Gasteiger partial charge in [0.05, 0.1) is 0 Å². The van der Waals surface area contributed by atoms with Gasteiger partial charge >= 0.3 is 0 Å².